The van der Waals surface area contributed by atoms with Crippen molar-refractivity contribution in [3.63, 3.8) is 0 Å². The number of hydrogen-bond donors (Lipinski definition) is 2. The van der Waals surface area contributed by atoms with Crippen molar-refractivity contribution in [1.29, 1.82) is 0 Å². The van der Waals surface area contributed by atoms with E-state index in [1.807, 2.05) is 50.2 Å². The van der Waals surface area contributed by atoms with Gasteiger partial charge in [0.05, 0.1) is 11.4 Å². The average molecular weight is 497 g/mol. The van der Waals surface area contributed by atoms with Crippen LogP contribution in [0.2, 0.25) is 0 Å². The summed E-state index contributed by atoms with van der Waals surface area (Å²) < 4.78 is 0. The maximum Gasteiger partial charge on any atom is 0.326 e. The SMILES string of the molecule is Cc1ccc([C@@]2(c3ccccc3)NC(=O)N(CC(=O)N3c4ccccc4NC(=O)C[C@H]3C)C2=O)cc1C. The fourth-order valence-electron chi connectivity index (χ4n) is 5.12. The number of carbonyl (C=O) groups is 4. The van der Waals surface area contributed by atoms with Crippen LogP contribution in [0.15, 0.2) is 72.8 Å². The molecule has 2 N–H and O–H groups in total. The van der Waals surface area contributed by atoms with Gasteiger partial charge < -0.3 is 15.5 Å². The van der Waals surface area contributed by atoms with Gasteiger partial charge in [0.2, 0.25) is 11.8 Å². The number of amides is 5. The highest BCUT2D eigenvalue weighted by Crippen LogP contribution is 2.37. The first-order chi connectivity index (χ1) is 17.7. The Kier molecular flexibility index (Phi) is 6.03. The number of aryl methyl sites for hydroxylation is 2. The summed E-state index contributed by atoms with van der Waals surface area (Å²) in [5, 5.41) is 5.73. The molecule has 2 heterocycles. The van der Waals surface area contributed by atoms with Crippen molar-refractivity contribution < 1.29 is 19.2 Å². The summed E-state index contributed by atoms with van der Waals surface area (Å²) in [7, 11) is 0. The molecule has 5 rings (SSSR count). The number of urea groups is 1. The number of imide groups is 1. The van der Waals surface area contributed by atoms with E-state index in [1.54, 1.807) is 43.3 Å². The lowest BCUT2D eigenvalue weighted by atomic mass is 9.81. The highest BCUT2D eigenvalue weighted by Gasteiger charge is 2.54. The van der Waals surface area contributed by atoms with Gasteiger partial charge in [-0.25, -0.2) is 4.79 Å². The van der Waals surface area contributed by atoms with E-state index in [1.165, 1.54) is 4.90 Å². The van der Waals surface area contributed by atoms with Crippen LogP contribution in [0, 0.1) is 13.8 Å². The Morgan fingerprint density at radius 1 is 0.919 bits per heavy atom. The number of nitrogens with zero attached hydrogens (tertiary/aromatic N) is 2. The smallest absolute Gasteiger partial charge is 0.324 e. The molecule has 1 saturated heterocycles. The molecule has 1 fully saturated rings. The van der Waals surface area contributed by atoms with Crippen molar-refractivity contribution in [3.05, 3.63) is 95.1 Å². The zero-order valence-electron chi connectivity index (χ0n) is 20.9. The molecule has 0 radical (unpaired) electrons. The molecule has 37 heavy (non-hydrogen) atoms. The van der Waals surface area contributed by atoms with Crippen molar-refractivity contribution in [3.8, 4) is 0 Å². The molecule has 188 valence electrons. The van der Waals surface area contributed by atoms with Crippen molar-refractivity contribution in [1.82, 2.24) is 10.2 Å². The van der Waals surface area contributed by atoms with E-state index in [0.29, 0.717) is 22.5 Å². The van der Waals surface area contributed by atoms with Crippen molar-refractivity contribution in [2.24, 2.45) is 0 Å². The number of anilines is 2. The maximum atomic E-state index is 14.1. The Labute approximate surface area is 215 Å². The minimum Gasteiger partial charge on any atom is -0.324 e. The average Bonchev–Trinajstić information content (AvgIpc) is 3.04. The van der Waals surface area contributed by atoms with Gasteiger partial charge in [-0.05, 0) is 55.2 Å². The van der Waals surface area contributed by atoms with Gasteiger partial charge in [-0.15, -0.1) is 0 Å². The van der Waals surface area contributed by atoms with Crippen LogP contribution in [0.5, 0.6) is 0 Å². The van der Waals surface area contributed by atoms with E-state index in [0.717, 1.165) is 16.0 Å². The molecular weight excluding hydrogens is 468 g/mol. The number of para-hydroxylation sites is 2. The molecule has 0 saturated carbocycles. The zero-order chi connectivity index (χ0) is 26.3. The van der Waals surface area contributed by atoms with Gasteiger partial charge in [-0.1, -0.05) is 60.7 Å². The highest BCUT2D eigenvalue weighted by atomic mass is 16.2. The monoisotopic (exact) mass is 496 g/mol. The molecule has 3 aromatic carbocycles. The topological polar surface area (TPSA) is 98.8 Å². The first-order valence-corrected chi connectivity index (χ1v) is 12.2. The fourth-order valence-corrected chi connectivity index (χ4v) is 5.12. The Morgan fingerprint density at radius 2 is 1.62 bits per heavy atom. The van der Waals surface area contributed by atoms with E-state index in [-0.39, 0.29) is 12.3 Å². The highest BCUT2D eigenvalue weighted by molar-refractivity contribution is 6.13. The Bertz CT molecular complexity index is 1420. The van der Waals surface area contributed by atoms with Crippen molar-refractivity contribution in [2.45, 2.75) is 38.8 Å². The van der Waals surface area contributed by atoms with Crippen LogP contribution in [0.4, 0.5) is 16.2 Å². The van der Waals surface area contributed by atoms with Gasteiger partial charge in [0.15, 0.2) is 5.54 Å². The quantitative estimate of drug-likeness (QED) is 0.536. The van der Waals surface area contributed by atoms with Gasteiger partial charge in [0, 0.05) is 12.5 Å². The minimum atomic E-state index is -1.46. The van der Waals surface area contributed by atoms with Crippen LogP contribution in [0.25, 0.3) is 0 Å². The number of carbonyl (C=O) groups excluding carboxylic acids is 4. The fraction of sp³-hybridized carbons (Fsp3) is 0.241. The second kappa shape index (κ2) is 9.20. The molecule has 8 nitrogen and oxygen atoms in total. The van der Waals surface area contributed by atoms with Crippen LogP contribution >= 0.6 is 0 Å². The molecule has 2 aliphatic rings. The van der Waals surface area contributed by atoms with Gasteiger partial charge in [0.1, 0.15) is 6.54 Å². The summed E-state index contributed by atoms with van der Waals surface area (Å²) in [6, 6.07) is 20.6. The normalized spacial score (nSPS) is 21.3. The first kappa shape index (κ1) is 24.2. The van der Waals surface area contributed by atoms with Crippen molar-refractivity contribution >= 4 is 35.1 Å². The third-order valence-electron chi connectivity index (χ3n) is 7.17. The molecule has 5 amide bonds. The zero-order valence-corrected chi connectivity index (χ0v) is 20.9. The molecule has 0 spiro atoms. The van der Waals surface area contributed by atoms with E-state index >= 15 is 0 Å². The predicted molar refractivity (Wildman–Crippen MR) is 140 cm³/mol. The molecule has 8 heteroatoms. The lowest BCUT2D eigenvalue weighted by Crippen LogP contribution is -2.48. The largest absolute Gasteiger partial charge is 0.326 e. The Balaban J connectivity index is 1.53. The molecule has 0 bridgehead atoms. The summed E-state index contributed by atoms with van der Waals surface area (Å²) in [6.45, 7) is 5.24. The van der Waals surface area contributed by atoms with Crippen LogP contribution in [0.3, 0.4) is 0 Å². The van der Waals surface area contributed by atoms with Crippen LogP contribution in [-0.2, 0) is 19.9 Å². The molecule has 3 aromatic rings. The molecule has 0 aromatic heterocycles. The van der Waals surface area contributed by atoms with E-state index < -0.39 is 36.0 Å². The summed E-state index contributed by atoms with van der Waals surface area (Å²) in [5.74, 6) is -1.18. The third kappa shape index (κ3) is 4.04. The molecule has 2 aliphatic heterocycles. The van der Waals surface area contributed by atoms with Gasteiger partial charge in [-0.2, -0.15) is 0 Å². The second-order valence-corrected chi connectivity index (χ2v) is 9.62. The number of nitrogens with one attached hydrogen (secondary N) is 2. The van der Waals surface area contributed by atoms with Crippen LogP contribution < -0.4 is 15.5 Å². The predicted octanol–water partition coefficient (Wildman–Crippen LogP) is 3.86. The summed E-state index contributed by atoms with van der Waals surface area (Å²) in [6.07, 6.45) is 0.0944. The van der Waals surface area contributed by atoms with Gasteiger partial charge in [-0.3, -0.25) is 19.3 Å². The standard InChI is InChI=1S/C29H28N4O4/c1-18-13-14-22(15-19(18)2)29(21-9-5-4-6-10-21)27(36)32(28(37)31-29)17-26(35)33-20(3)16-25(34)30-23-11-7-8-12-24(23)33/h4-15,20H,16-17H2,1-3H3,(H,30,34)(H,31,37)/t20-,29-/m1/s1. The molecule has 0 aliphatic carbocycles. The Morgan fingerprint density at radius 3 is 2.35 bits per heavy atom. The maximum absolute atomic E-state index is 14.1. The van der Waals surface area contributed by atoms with Crippen molar-refractivity contribution in [2.75, 3.05) is 16.8 Å². The number of hydrogen-bond acceptors (Lipinski definition) is 4. The third-order valence-corrected chi connectivity index (χ3v) is 7.17. The number of benzene rings is 3. The summed E-state index contributed by atoms with van der Waals surface area (Å²) in [5.41, 5.74) is 2.85. The molecular formula is C29H28N4O4. The lowest BCUT2D eigenvalue weighted by molar-refractivity contribution is -0.133. The summed E-state index contributed by atoms with van der Waals surface area (Å²) >= 11 is 0. The first-order valence-electron chi connectivity index (χ1n) is 12.2. The second-order valence-electron chi connectivity index (χ2n) is 9.62. The molecule has 2 atom stereocenters. The minimum absolute atomic E-state index is 0.0944. The Hall–Kier alpha value is -4.46. The van der Waals surface area contributed by atoms with Gasteiger partial charge >= 0.3 is 6.03 Å². The summed E-state index contributed by atoms with van der Waals surface area (Å²) in [4.78, 5) is 55.9. The number of rotatable bonds is 4. The van der Waals surface area contributed by atoms with Crippen LogP contribution in [0.1, 0.15) is 35.6 Å². The van der Waals surface area contributed by atoms with Gasteiger partial charge in [0.25, 0.3) is 5.91 Å². The van der Waals surface area contributed by atoms with E-state index in [4.69, 9.17) is 0 Å². The number of fused-ring (bicyclic) bond motifs is 1. The lowest BCUT2D eigenvalue weighted by Gasteiger charge is -2.30. The van der Waals surface area contributed by atoms with Crippen LogP contribution in [-0.4, -0.2) is 41.2 Å². The molecule has 0 unspecified atom stereocenters. The van der Waals surface area contributed by atoms with E-state index in [2.05, 4.69) is 10.6 Å². The van der Waals surface area contributed by atoms with E-state index in [9.17, 15) is 19.2 Å².